The highest BCUT2D eigenvalue weighted by Gasteiger charge is 2.27. The van der Waals surface area contributed by atoms with Crippen LogP contribution in [0.4, 0.5) is 8.78 Å². The predicted octanol–water partition coefficient (Wildman–Crippen LogP) is 9.07. The zero-order chi connectivity index (χ0) is 32.0. The highest BCUT2D eigenvalue weighted by atomic mass is 35.5. The molecule has 0 bridgehead atoms. The Kier molecular flexibility index (Phi) is 19.0. The topological polar surface area (TPSA) is 69.7 Å². The second-order valence-corrected chi connectivity index (χ2v) is 11.6. The van der Waals surface area contributed by atoms with Crippen LogP contribution in [0.15, 0.2) is 85.0 Å². The van der Waals surface area contributed by atoms with E-state index in [1.165, 1.54) is 0 Å². The highest BCUT2D eigenvalue weighted by Crippen LogP contribution is 2.31. The Hall–Kier alpha value is -3.03. The Morgan fingerprint density at radius 3 is 1.45 bits per heavy atom. The summed E-state index contributed by atoms with van der Waals surface area (Å²) in [5, 5.41) is 0.194. The van der Waals surface area contributed by atoms with E-state index in [9.17, 15) is 23.2 Å². The molecule has 2 aromatic carbocycles. The van der Waals surface area contributed by atoms with Gasteiger partial charge in [0.25, 0.3) is 6.43 Å². The van der Waals surface area contributed by atoms with Gasteiger partial charge in [-0.15, -0.1) is 23.2 Å². The van der Waals surface area contributed by atoms with E-state index in [0.717, 1.165) is 62.0 Å². The number of carbonyl (C=O) groups is 3. The van der Waals surface area contributed by atoms with Crippen molar-refractivity contribution in [3.63, 3.8) is 0 Å². The number of carbonyl (C=O) groups excluding carboxylic acids is 3. The highest BCUT2D eigenvalue weighted by molar-refractivity contribution is 6.40. The maximum Gasteiger partial charge on any atom is 0.309 e. The SMILES string of the molecule is ClCCl.O=C(OCc1ccccc1)C1CCC(/C=C/C(F)F)CC1.O=C/C=C/C1CCC(C(=O)OCc2ccccc2)CC1. The first-order chi connectivity index (χ1) is 21.4. The van der Waals surface area contributed by atoms with E-state index in [1.54, 1.807) is 12.2 Å². The van der Waals surface area contributed by atoms with Crippen molar-refractivity contribution in [2.45, 2.75) is 71.0 Å². The van der Waals surface area contributed by atoms with Crippen LogP contribution in [0.2, 0.25) is 0 Å². The number of hydrogen-bond acceptors (Lipinski definition) is 5. The fraction of sp³-hybridized carbons (Fsp3) is 0.457. The summed E-state index contributed by atoms with van der Waals surface area (Å²) in [5.74, 6) is 0.252. The summed E-state index contributed by atoms with van der Waals surface area (Å²) < 4.78 is 34.9. The first kappa shape index (κ1) is 37.2. The maximum absolute atomic E-state index is 12.1. The third-order valence-electron chi connectivity index (χ3n) is 7.65. The van der Waals surface area contributed by atoms with E-state index < -0.39 is 6.43 Å². The standard InChI is InChI=1S/C17H20F2O2.C17H20O3.CH2Cl2/c18-16(19)11-8-13-6-9-15(10-7-13)17(20)21-12-14-4-2-1-3-5-14;18-12-4-7-14-8-10-16(11-9-14)17(19)20-13-15-5-2-1-3-6-15;2-1-3/h1-5,8,11,13,15-16H,6-7,9-10,12H2;1-7,12,14,16H,8-11,13H2;1H2/b11-8+;7-4+;. The Morgan fingerprint density at radius 2 is 1.09 bits per heavy atom. The summed E-state index contributed by atoms with van der Waals surface area (Å²) in [6, 6.07) is 19.3. The molecule has 0 heterocycles. The molecule has 44 heavy (non-hydrogen) atoms. The van der Waals surface area contributed by atoms with Gasteiger partial charge in [-0.05, 0) is 86.5 Å². The molecule has 240 valence electrons. The zero-order valence-corrected chi connectivity index (χ0v) is 26.4. The van der Waals surface area contributed by atoms with Gasteiger partial charge in [0.05, 0.1) is 17.2 Å². The van der Waals surface area contributed by atoms with Gasteiger partial charge in [0, 0.05) is 0 Å². The second kappa shape index (κ2) is 22.5. The van der Waals surface area contributed by atoms with E-state index in [0.29, 0.717) is 32.0 Å². The van der Waals surface area contributed by atoms with Crippen LogP contribution in [0, 0.1) is 23.7 Å². The van der Waals surface area contributed by atoms with E-state index in [1.807, 2.05) is 66.7 Å². The van der Waals surface area contributed by atoms with Crippen LogP contribution in [-0.2, 0) is 37.1 Å². The fourth-order valence-electron chi connectivity index (χ4n) is 5.23. The lowest BCUT2D eigenvalue weighted by molar-refractivity contribution is -0.152. The first-order valence-corrected chi connectivity index (χ1v) is 16.0. The van der Waals surface area contributed by atoms with Crippen molar-refractivity contribution in [3.8, 4) is 0 Å². The molecule has 2 aliphatic carbocycles. The van der Waals surface area contributed by atoms with E-state index in [-0.39, 0.29) is 35.0 Å². The molecule has 0 spiro atoms. The minimum absolute atomic E-state index is 0.0135. The largest absolute Gasteiger partial charge is 0.461 e. The molecule has 0 N–H and O–H groups in total. The molecule has 0 amide bonds. The van der Waals surface area contributed by atoms with Gasteiger partial charge in [-0.3, -0.25) is 14.4 Å². The minimum atomic E-state index is -2.39. The summed E-state index contributed by atoms with van der Waals surface area (Å²) in [6.45, 7) is 0.648. The lowest BCUT2D eigenvalue weighted by Gasteiger charge is -2.25. The van der Waals surface area contributed by atoms with Gasteiger partial charge in [-0.25, -0.2) is 8.78 Å². The number of aldehydes is 1. The number of benzene rings is 2. The Labute approximate surface area is 269 Å². The average molecular weight is 652 g/mol. The first-order valence-electron chi connectivity index (χ1n) is 15.0. The second-order valence-electron chi connectivity index (χ2n) is 10.8. The van der Waals surface area contributed by atoms with Gasteiger partial charge >= 0.3 is 11.9 Å². The lowest BCUT2D eigenvalue weighted by Crippen LogP contribution is -2.23. The molecule has 2 fully saturated rings. The van der Waals surface area contributed by atoms with Crippen molar-refractivity contribution >= 4 is 41.4 Å². The van der Waals surface area contributed by atoms with Crippen molar-refractivity contribution < 1.29 is 32.6 Å². The number of hydrogen-bond donors (Lipinski definition) is 0. The van der Waals surface area contributed by atoms with Crippen LogP contribution in [0.25, 0.3) is 0 Å². The molecule has 2 aromatic rings. The Morgan fingerprint density at radius 1 is 0.705 bits per heavy atom. The van der Waals surface area contributed by atoms with Crippen LogP contribution >= 0.6 is 23.2 Å². The van der Waals surface area contributed by atoms with Crippen LogP contribution in [-0.4, -0.2) is 30.0 Å². The molecule has 0 unspecified atom stereocenters. The number of rotatable bonds is 10. The molecule has 0 radical (unpaired) electrons. The number of esters is 2. The molecule has 2 saturated carbocycles. The van der Waals surface area contributed by atoms with Gasteiger partial charge in [0.1, 0.15) is 19.5 Å². The molecular weight excluding hydrogens is 609 g/mol. The molecule has 0 aliphatic heterocycles. The predicted molar refractivity (Wildman–Crippen MR) is 170 cm³/mol. The van der Waals surface area contributed by atoms with Crippen molar-refractivity contribution in [1.29, 1.82) is 0 Å². The average Bonchev–Trinajstić information content (AvgIpc) is 3.06. The summed E-state index contributed by atoms with van der Waals surface area (Å²) in [6.07, 6.45) is 11.0. The van der Waals surface area contributed by atoms with Gasteiger partial charge in [0.2, 0.25) is 0 Å². The van der Waals surface area contributed by atoms with Gasteiger partial charge in [-0.1, -0.05) is 72.8 Å². The van der Waals surface area contributed by atoms with Crippen molar-refractivity contribution in [1.82, 2.24) is 0 Å². The molecule has 9 heteroatoms. The lowest BCUT2D eigenvalue weighted by atomic mass is 9.82. The number of ether oxygens (including phenoxy) is 2. The Bertz CT molecular complexity index is 1130. The van der Waals surface area contributed by atoms with E-state index in [4.69, 9.17) is 32.7 Å². The monoisotopic (exact) mass is 650 g/mol. The quantitative estimate of drug-likeness (QED) is 0.0843. The molecule has 0 aromatic heterocycles. The minimum Gasteiger partial charge on any atom is -0.461 e. The molecule has 0 atom stereocenters. The molecular formula is C35H42Cl2F2O5. The summed E-state index contributed by atoms with van der Waals surface area (Å²) in [7, 11) is 0. The Balaban J connectivity index is 0.000000282. The fourth-order valence-corrected chi connectivity index (χ4v) is 5.23. The van der Waals surface area contributed by atoms with Gasteiger partial charge in [-0.2, -0.15) is 0 Å². The van der Waals surface area contributed by atoms with Gasteiger partial charge < -0.3 is 9.47 Å². The normalized spacial score (nSPS) is 21.5. The summed E-state index contributed by atoms with van der Waals surface area (Å²) in [5.41, 5.74) is 1.99. The smallest absolute Gasteiger partial charge is 0.309 e. The van der Waals surface area contributed by atoms with Crippen LogP contribution in [0.3, 0.4) is 0 Å². The maximum atomic E-state index is 12.1. The van der Waals surface area contributed by atoms with Crippen molar-refractivity contribution in [2.24, 2.45) is 23.7 Å². The van der Waals surface area contributed by atoms with Crippen molar-refractivity contribution in [3.05, 3.63) is 96.1 Å². The number of allylic oxidation sites excluding steroid dienone is 4. The van der Waals surface area contributed by atoms with Crippen LogP contribution < -0.4 is 0 Å². The van der Waals surface area contributed by atoms with Gasteiger partial charge in [0.15, 0.2) is 0 Å². The van der Waals surface area contributed by atoms with E-state index in [2.05, 4.69) is 0 Å². The third kappa shape index (κ3) is 15.6. The molecule has 0 saturated heterocycles. The molecule has 2 aliphatic rings. The van der Waals surface area contributed by atoms with E-state index >= 15 is 0 Å². The zero-order valence-electron chi connectivity index (χ0n) is 24.9. The summed E-state index contributed by atoms with van der Waals surface area (Å²) in [4.78, 5) is 34.3. The van der Waals surface area contributed by atoms with Crippen LogP contribution in [0.5, 0.6) is 0 Å². The van der Waals surface area contributed by atoms with Crippen LogP contribution in [0.1, 0.15) is 62.5 Å². The summed E-state index contributed by atoms with van der Waals surface area (Å²) >= 11 is 9.53. The molecule has 5 nitrogen and oxygen atoms in total. The number of alkyl halides is 4. The van der Waals surface area contributed by atoms with Crippen molar-refractivity contribution in [2.75, 3.05) is 5.34 Å². The molecule has 4 rings (SSSR count). The number of halogens is 4. The third-order valence-corrected chi connectivity index (χ3v) is 7.65.